The Bertz CT molecular complexity index is 306. The molecule has 1 unspecified atom stereocenters. The highest BCUT2D eigenvalue weighted by Crippen LogP contribution is 2.09. The quantitative estimate of drug-likeness (QED) is 0.614. The SMILES string of the molecule is CC=CC(C)NC(=S)Nc1nccs1. The van der Waals surface area contributed by atoms with E-state index in [0.717, 1.165) is 5.13 Å². The molecule has 1 atom stereocenters. The molecule has 0 aliphatic rings. The number of nitrogens with one attached hydrogen (secondary N) is 2. The monoisotopic (exact) mass is 227 g/mol. The van der Waals surface area contributed by atoms with Crippen molar-refractivity contribution in [3.63, 3.8) is 0 Å². The van der Waals surface area contributed by atoms with E-state index in [1.54, 1.807) is 6.20 Å². The van der Waals surface area contributed by atoms with Crippen molar-refractivity contribution in [2.24, 2.45) is 0 Å². The van der Waals surface area contributed by atoms with Gasteiger partial charge in [0.25, 0.3) is 0 Å². The summed E-state index contributed by atoms with van der Waals surface area (Å²) in [6, 6.07) is 0.236. The summed E-state index contributed by atoms with van der Waals surface area (Å²) in [7, 11) is 0. The van der Waals surface area contributed by atoms with Crippen molar-refractivity contribution in [1.82, 2.24) is 10.3 Å². The van der Waals surface area contributed by atoms with Crippen molar-refractivity contribution in [3.8, 4) is 0 Å². The zero-order valence-electron chi connectivity index (χ0n) is 8.15. The maximum atomic E-state index is 5.10. The van der Waals surface area contributed by atoms with Gasteiger partial charge in [0.2, 0.25) is 0 Å². The third kappa shape index (κ3) is 3.85. The average Bonchev–Trinajstić information content (AvgIpc) is 2.56. The predicted molar refractivity (Wildman–Crippen MR) is 65.7 cm³/mol. The van der Waals surface area contributed by atoms with Crippen LogP contribution in [0.4, 0.5) is 5.13 Å². The van der Waals surface area contributed by atoms with Crippen LogP contribution in [0.25, 0.3) is 0 Å². The molecule has 0 spiro atoms. The van der Waals surface area contributed by atoms with Gasteiger partial charge in [-0.3, -0.25) is 0 Å². The second-order valence-electron chi connectivity index (χ2n) is 2.75. The van der Waals surface area contributed by atoms with Crippen LogP contribution in [0.5, 0.6) is 0 Å². The molecule has 0 aromatic carbocycles. The maximum Gasteiger partial charge on any atom is 0.188 e. The van der Waals surface area contributed by atoms with Gasteiger partial charge in [0.15, 0.2) is 10.2 Å². The molecule has 1 aromatic rings. The maximum absolute atomic E-state index is 5.10. The van der Waals surface area contributed by atoms with Gasteiger partial charge in [0.05, 0.1) is 0 Å². The van der Waals surface area contributed by atoms with Crippen molar-refractivity contribution < 1.29 is 0 Å². The van der Waals surface area contributed by atoms with Gasteiger partial charge in [0, 0.05) is 17.6 Å². The Morgan fingerprint density at radius 2 is 2.50 bits per heavy atom. The van der Waals surface area contributed by atoms with Crippen LogP contribution in [0.15, 0.2) is 23.7 Å². The number of hydrogen-bond donors (Lipinski definition) is 2. The van der Waals surface area contributed by atoms with Crippen LogP contribution in [0.1, 0.15) is 13.8 Å². The molecular weight excluding hydrogens is 214 g/mol. The van der Waals surface area contributed by atoms with Gasteiger partial charge in [-0.25, -0.2) is 4.98 Å². The second kappa shape index (κ2) is 5.72. The lowest BCUT2D eigenvalue weighted by Gasteiger charge is -2.11. The van der Waals surface area contributed by atoms with E-state index in [1.807, 2.05) is 31.4 Å². The Hall–Kier alpha value is -0.940. The summed E-state index contributed by atoms with van der Waals surface area (Å²) in [6.07, 6.45) is 5.77. The molecule has 76 valence electrons. The zero-order valence-corrected chi connectivity index (χ0v) is 9.78. The summed E-state index contributed by atoms with van der Waals surface area (Å²) in [5, 5.41) is 9.44. The van der Waals surface area contributed by atoms with Crippen LogP contribution >= 0.6 is 23.6 Å². The molecule has 5 heteroatoms. The Morgan fingerprint density at radius 1 is 1.71 bits per heavy atom. The van der Waals surface area contributed by atoms with Gasteiger partial charge in [-0.05, 0) is 26.1 Å². The third-order valence-electron chi connectivity index (χ3n) is 1.49. The van der Waals surface area contributed by atoms with Crippen LogP contribution in [0, 0.1) is 0 Å². The van der Waals surface area contributed by atoms with E-state index in [4.69, 9.17) is 12.2 Å². The van der Waals surface area contributed by atoms with Crippen LogP contribution in [-0.2, 0) is 0 Å². The fourth-order valence-electron chi connectivity index (χ4n) is 0.962. The first-order chi connectivity index (χ1) is 6.72. The molecule has 14 heavy (non-hydrogen) atoms. The summed E-state index contributed by atoms with van der Waals surface area (Å²) in [6.45, 7) is 4.02. The number of nitrogens with zero attached hydrogens (tertiary/aromatic N) is 1. The lowest BCUT2D eigenvalue weighted by atomic mass is 10.3. The Balaban J connectivity index is 2.36. The second-order valence-corrected chi connectivity index (χ2v) is 4.05. The number of rotatable bonds is 3. The molecule has 3 nitrogen and oxygen atoms in total. The number of thiazole rings is 1. The average molecular weight is 227 g/mol. The smallest absolute Gasteiger partial charge is 0.188 e. The summed E-state index contributed by atoms with van der Waals surface area (Å²) < 4.78 is 0. The topological polar surface area (TPSA) is 37.0 Å². The van der Waals surface area contributed by atoms with E-state index >= 15 is 0 Å². The Morgan fingerprint density at radius 3 is 3.07 bits per heavy atom. The minimum atomic E-state index is 0.236. The van der Waals surface area contributed by atoms with Crippen LogP contribution in [-0.4, -0.2) is 16.1 Å². The number of allylic oxidation sites excluding steroid dienone is 1. The van der Waals surface area contributed by atoms with Gasteiger partial charge >= 0.3 is 0 Å². The van der Waals surface area contributed by atoms with E-state index in [9.17, 15) is 0 Å². The van der Waals surface area contributed by atoms with Crippen LogP contribution in [0.2, 0.25) is 0 Å². The van der Waals surface area contributed by atoms with E-state index < -0.39 is 0 Å². The number of hydrogen-bond acceptors (Lipinski definition) is 3. The van der Waals surface area contributed by atoms with Crippen molar-refractivity contribution in [2.45, 2.75) is 19.9 Å². The molecule has 0 bridgehead atoms. The first-order valence-corrected chi connectivity index (χ1v) is 5.61. The van der Waals surface area contributed by atoms with Gasteiger partial charge in [-0.1, -0.05) is 12.2 Å². The summed E-state index contributed by atoms with van der Waals surface area (Å²) in [4.78, 5) is 4.07. The third-order valence-corrected chi connectivity index (χ3v) is 2.40. The van der Waals surface area contributed by atoms with Gasteiger partial charge < -0.3 is 10.6 Å². The highest BCUT2D eigenvalue weighted by Gasteiger charge is 2.01. The van der Waals surface area contributed by atoms with E-state index in [1.165, 1.54) is 11.3 Å². The molecule has 0 saturated carbocycles. The first kappa shape index (κ1) is 11.1. The molecule has 0 radical (unpaired) electrons. The van der Waals surface area contributed by atoms with E-state index in [-0.39, 0.29) is 6.04 Å². The number of thiocarbonyl (C=S) groups is 1. The van der Waals surface area contributed by atoms with Crippen molar-refractivity contribution >= 4 is 33.8 Å². The normalized spacial score (nSPS) is 12.7. The number of anilines is 1. The predicted octanol–water partition coefficient (Wildman–Crippen LogP) is 2.39. The number of aromatic nitrogens is 1. The first-order valence-electron chi connectivity index (χ1n) is 4.32. The molecule has 0 fully saturated rings. The molecule has 2 N–H and O–H groups in total. The van der Waals surface area contributed by atoms with E-state index in [2.05, 4.69) is 15.6 Å². The van der Waals surface area contributed by atoms with Gasteiger partial charge in [-0.2, -0.15) is 0 Å². The van der Waals surface area contributed by atoms with Crippen molar-refractivity contribution in [2.75, 3.05) is 5.32 Å². The standard InChI is InChI=1S/C9H13N3S2/c1-3-4-7(2)11-8(13)12-9-10-5-6-14-9/h3-7H,1-2H3,(H2,10,11,12,13). The summed E-state index contributed by atoms with van der Waals surface area (Å²) in [5.74, 6) is 0. The highest BCUT2D eigenvalue weighted by atomic mass is 32.1. The molecule has 0 amide bonds. The Labute approximate surface area is 93.2 Å². The molecule has 0 aliphatic carbocycles. The van der Waals surface area contributed by atoms with Crippen LogP contribution < -0.4 is 10.6 Å². The largest absolute Gasteiger partial charge is 0.356 e. The Kier molecular flexibility index (Phi) is 4.55. The van der Waals surface area contributed by atoms with Gasteiger partial charge in [-0.15, -0.1) is 11.3 Å². The molecule has 0 saturated heterocycles. The minimum absolute atomic E-state index is 0.236. The minimum Gasteiger partial charge on any atom is -0.356 e. The molecule has 1 aromatic heterocycles. The zero-order chi connectivity index (χ0) is 10.4. The molecular formula is C9H13N3S2. The fourth-order valence-corrected chi connectivity index (χ4v) is 1.84. The van der Waals surface area contributed by atoms with Crippen molar-refractivity contribution in [1.29, 1.82) is 0 Å². The van der Waals surface area contributed by atoms with Crippen LogP contribution in [0.3, 0.4) is 0 Å². The molecule has 1 rings (SSSR count). The molecule has 0 aliphatic heterocycles. The fraction of sp³-hybridized carbons (Fsp3) is 0.333. The lowest BCUT2D eigenvalue weighted by molar-refractivity contribution is 0.812. The summed E-state index contributed by atoms with van der Waals surface area (Å²) >= 11 is 6.63. The highest BCUT2D eigenvalue weighted by molar-refractivity contribution is 7.80. The van der Waals surface area contributed by atoms with Crippen molar-refractivity contribution in [3.05, 3.63) is 23.7 Å². The van der Waals surface area contributed by atoms with E-state index in [0.29, 0.717) is 5.11 Å². The van der Waals surface area contributed by atoms with Gasteiger partial charge in [0.1, 0.15) is 0 Å². The lowest BCUT2D eigenvalue weighted by Crippen LogP contribution is -2.34. The molecule has 1 heterocycles. The summed E-state index contributed by atoms with van der Waals surface area (Å²) in [5.41, 5.74) is 0.